The number of hydrogen-bond acceptors (Lipinski definition) is 2. The van der Waals surface area contributed by atoms with Crippen LogP contribution in [0.1, 0.15) is 6.42 Å². The predicted octanol–water partition coefficient (Wildman–Crippen LogP) is 2.78. The second kappa shape index (κ2) is 10.3. The Morgan fingerprint density at radius 3 is 2.32 bits per heavy atom. The van der Waals surface area contributed by atoms with E-state index in [1.165, 1.54) is 7.05 Å². The van der Waals surface area contributed by atoms with Crippen LogP contribution in [0, 0.1) is 17.5 Å². The van der Waals surface area contributed by atoms with Crippen molar-refractivity contribution in [3.05, 3.63) is 29.6 Å². The predicted molar refractivity (Wildman–Crippen MR) is 90.4 cm³/mol. The molecule has 25 heavy (non-hydrogen) atoms. The van der Waals surface area contributed by atoms with Crippen molar-refractivity contribution in [3.63, 3.8) is 0 Å². The number of amides is 1. The number of carbonyl (C=O) groups excluding carboxylic acids is 1. The first kappa shape index (κ1) is 23.3. The Hall–Kier alpha value is -1.73. The van der Waals surface area contributed by atoms with Gasteiger partial charge in [0.05, 0.1) is 18.7 Å². The van der Waals surface area contributed by atoms with Crippen molar-refractivity contribution in [2.75, 3.05) is 25.5 Å². The van der Waals surface area contributed by atoms with E-state index in [-0.39, 0.29) is 29.9 Å². The molecule has 0 heterocycles. The first-order chi connectivity index (χ1) is 11.1. The Morgan fingerprint density at radius 2 is 1.76 bits per heavy atom. The zero-order chi connectivity index (χ0) is 18.3. The van der Waals surface area contributed by atoms with Crippen LogP contribution in [0.25, 0.3) is 0 Å². The molecule has 0 saturated carbocycles. The Balaban J connectivity index is 0.00000576. The van der Waals surface area contributed by atoms with Crippen LogP contribution in [0.4, 0.5) is 32.0 Å². The number of aliphatic imine (C=N–C) groups is 1. The van der Waals surface area contributed by atoms with Crippen LogP contribution in [-0.2, 0) is 4.79 Å². The van der Waals surface area contributed by atoms with E-state index in [1.807, 2.05) is 5.32 Å². The molecule has 0 aromatic heterocycles. The van der Waals surface area contributed by atoms with Crippen LogP contribution in [0.5, 0.6) is 0 Å². The molecule has 0 aliphatic carbocycles. The van der Waals surface area contributed by atoms with E-state index in [0.29, 0.717) is 6.07 Å². The molecule has 1 aromatic carbocycles. The lowest BCUT2D eigenvalue weighted by Crippen LogP contribution is -2.42. The molecule has 0 fully saturated rings. The van der Waals surface area contributed by atoms with Crippen LogP contribution in [-0.4, -0.2) is 38.2 Å². The summed E-state index contributed by atoms with van der Waals surface area (Å²) in [6.07, 6.45) is -5.44. The summed E-state index contributed by atoms with van der Waals surface area (Å²) in [5.41, 5.74) is -0.569. The van der Waals surface area contributed by atoms with Gasteiger partial charge in [0.15, 0.2) is 23.4 Å². The van der Waals surface area contributed by atoms with Crippen molar-refractivity contribution in [2.45, 2.75) is 12.6 Å². The second-order valence-electron chi connectivity index (χ2n) is 4.49. The lowest BCUT2D eigenvalue weighted by Gasteiger charge is -2.13. The fourth-order valence-electron chi connectivity index (χ4n) is 1.52. The van der Waals surface area contributed by atoms with Crippen molar-refractivity contribution < 1.29 is 31.1 Å². The minimum absolute atomic E-state index is 0. The van der Waals surface area contributed by atoms with Gasteiger partial charge in [-0.15, -0.1) is 24.0 Å². The van der Waals surface area contributed by atoms with Crippen LogP contribution >= 0.6 is 24.0 Å². The molecule has 0 saturated heterocycles. The number of halogens is 7. The smallest absolute Gasteiger partial charge is 0.356 e. The third kappa shape index (κ3) is 8.27. The molecule has 0 bridgehead atoms. The molecule has 0 aliphatic heterocycles. The van der Waals surface area contributed by atoms with Gasteiger partial charge < -0.3 is 16.0 Å². The molecule has 142 valence electrons. The first-order valence-corrected chi connectivity index (χ1v) is 6.58. The van der Waals surface area contributed by atoms with Crippen LogP contribution < -0.4 is 16.0 Å². The van der Waals surface area contributed by atoms with Gasteiger partial charge in [0.1, 0.15) is 0 Å². The lowest BCUT2D eigenvalue weighted by atomic mass is 10.2. The van der Waals surface area contributed by atoms with Crippen molar-refractivity contribution in [2.24, 2.45) is 4.99 Å². The van der Waals surface area contributed by atoms with Gasteiger partial charge in [-0.2, -0.15) is 13.2 Å². The summed E-state index contributed by atoms with van der Waals surface area (Å²) in [5.74, 6) is -5.61. The largest absolute Gasteiger partial charge is 0.390 e. The fraction of sp³-hybridized carbons (Fsp3) is 0.385. The lowest BCUT2D eigenvalue weighted by molar-refractivity contribution is -0.132. The molecule has 0 unspecified atom stereocenters. The van der Waals surface area contributed by atoms with E-state index < -0.39 is 54.7 Å². The van der Waals surface area contributed by atoms with Crippen molar-refractivity contribution in [1.82, 2.24) is 10.6 Å². The molecule has 1 aromatic rings. The topological polar surface area (TPSA) is 65.5 Å². The summed E-state index contributed by atoms with van der Waals surface area (Å²) in [5, 5.41) is 6.71. The Morgan fingerprint density at radius 1 is 1.12 bits per heavy atom. The Kier molecular flexibility index (Phi) is 9.59. The van der Waals surface area contributed by atoms with E-state index in [2.05, 4.69) is 15.6 Å². The molecule has 0 aliphatic rings. The summed E-state index contributed by atoms with van der Waals surface area (Å²) >= 11 is 0. The monoisotopic (exact) mass is 484 g/mol. The molecule has 5 nitrogen and oxygen atoms in total. The Bertz CT molecular complexity index is 623. The second-order valence-corrected chi connectivity index (χ2v) is 4.49. The maximum absolute atomic E-state index is 13.4. The standard InChI is InChI=1S/C13H14F6N4O.HI/c1-20-12(21-5-4-13(17,18)19)22-6-9(24)23-8-3-2-7(14)10(15)11(8)16;/h2-3H,4-6H2,1H3,(H,23,24)(H2,20,21,22);1H. The number of guanidine groups is 1. The van der Waals surface area contributed by atoms with E-state index in [0.717, 1.165) is 6.07 Å². The molecule has 3 N–H and O–H groups in total. The highest BCUT2D eigenvalue weighted by Crippen LogP contribution is 2.19. The van der Waals surface area contributed by atoms with Gasteiger partial charge in [0, 0.05) is 13.6 Å². The van der Waals surface area contributed by atoms with Gasteiger partial charge in [-0.05, 0) is 12.1 Å². The van der Waals surface area contributed by atoms with Gasteiger partial charge in [-0.3, -0.25) is 9.79 Å². The molecule has 0 spiro atoms. The third-order valence-corrected chi connectivity index (χ3v) is 2.65. The highest BCUT2D eigenvalue weighted by molar-refractivity contribution is 14.0. The number of nitrogens with one attached hydrogen (secondary N) is 3. The maximum Gasteiger partial charge on any atom is 0.390 e. The summed E-state index contributed by atoms with van der Waals surface area (Å²) in [4.78, 5) is 15.2. The zero-order valence-corrected chi connectivity index (χ0v) is 15.1. The molecule has 1 amide bonds. The summed E-state index contributed by atoms with van der Waals surface area (Å²) < 4.78 is 75.2. The van der Waals surface area contributed by atoms with Gasteiger partial charge in [-0.25, -0.2) is 13.2 Å². The summed E-state index contributed by atoms with van der Waals surface area (Å²) in [6.45, 7) is -0.938. The Labute approximate surface area is 156 Å². The summed E-state index contributed by atoms with van der Waals surface area (Å²) in [6, 6.07) is 1.47. The van der Waals surface area contributed by atoms with Crippen molar-refractivity contribution in [1.29, 1.82) is 0 Å². The molecule has 12 heteroatoms. The molecule has 0 radical (unpaired) electrons. The maximum atomic E-state index is 13.4. The van der Waals surface area contributed by atoms with Crippen molar-refractivity contribution in [3.8, 4) is 0 Å². The third-order valence-electron chi connectivity index (χ3n) is 2.65. The first-order valence-electron chi connectivity index (χ1n) is 6.58. The highest BCUT2D eigenvalue weighted by Gasteiger charge is 2.26. The van der Waals surface area contributed by atoms with Crippen molar-refractivity contribution >= 4 is 41.5 Å². The number of anilines is 1. The van der Waals surface area contributed by atoms with E-state index in [1.54, 1.807) is 0 Å². The number of hydrogen-bond donors (Lipinski definition) is 3. The van der Waals surface area contributed by atoms with Crippen LogP contribution in [0.2, 0.25) is 0 Å². The van der Waals surface area contributed by atoms with Crippen LogP contribution in [0.15, 0.2) is 17.1 Å². The molecule has 0 atom stereocenters. The van der Waals surface area contributed by atoms with Gasteiger partial charge in [0.2, 0.25) is 5.91 Å². The van der Waals surface area contributed by atoms with Gasteiger partial charge in [0.25, 0.3) is 0 Å². The van der Waals surface area contributed by atoms with E-state index in [4.69, 9.17) is 0 Å². The fourth-order valence-corrected chi connectivity index (χ4v) is 1.52. The van der Waals surface area contributed by atoms with E-state index in [9.17, 15) is 31.1 Å². The quantitative estimate of drug-likeness (QED) is 0.198. The SMILES string of the molecule is CN=C(NCCC(F)(F)F)NCC(=O)Nc1ccc(F)c(F)c1F.I. The normalized spacial score (nSPS) is 11.6. The highest BCUT2D eigenvalue weighted by atomic mass is 127. The number of benzene rings is 1. The van der Waals surface area contributed by atoms with Gasteiger partial charge >= 0.3 is 6.18 Å². The van der Waals surface area contributed by atoms with Gasteiger partial charge in [-0.1, -0.05) is 0 Å². The molecular formula is C13H15F6IN4O. The molecular weight excluding hydrogens is 469 g/mol. The van der Waals surface area contributed by atoms with Crippen LogP contribution in [0.3, 0.4) is 0 Å². The average molecular weight is 484 g/mol. The molecule has 1 rings (SSSR count). The minimum Gasteiger partial charge on any atom is -0.356 e. The number of alkyl halides is 3. The average Bonchev–Trinajstić information content (AvgIpc) is 2.50. The summed E-state index contributed by atoms with van der Waals surface area (Å²) in [7, 11) is 1.27. The number of rotatable bonds is 5. The number of nitrogens with zero attached hydrogens (tertiary/aromatic N) is 1. The minimum atomic E-state index is -4.34. The zero-order valence-electron chi connectivity index (χ0n) is 12.8. The number of carbonyl (C=O) groups is 1. The van der Waals surface area contributed by atoms with E-state index >= 15 is 0 Å².